The molecule has 2 nitrogen and oxygen atoms in total. The first-order valence-corrected chi connectivity index (χ1v) is 7.23. The zero-order valence-corrected chi connectivity index (χ0v) is 12.9. The summed E-state index contributed by atoms with van der Waals surface area (Å²) < 4.78 is 0. The lowest BCUT2D eigenvalue weighted by atomic mass is 9.97. The minimum atomic E-state index is 0. The van der Waals surface area contributed by atoms with E-state index >= 15 is 0 Å². The van der Waals surface area contributed by atoms with Crippen LogP contribution in [0.3, 0.4) is 0 Å². The monoisotopic (exact) mass is 298 g/mol. The van der Waals surface area contributed by atoms with Gasteiger partial charge in [0.25, 0.3) is 0 Å². The maximum Gasteiger partial charge on any atom is 0.0727 e. The summed E-state index contributed by atoms with van der Waals surface area (Å²) in [6.45, 7) is 2.26. The molecule has 1 aromatic rings. The number of benzene rings is 1. The van der Waals surface area contributed by atoms with Gasteiger partial charge in [0.05, 0.1) is 4.99 Å². The molecule has 2 N–H and O–H groups in total. The van der Waals surface area contributed by atoms with Gasteiger partial charge in [-0.2, -0.15) is 0 Å². The van der Waals surface area contributed by atoms with Crippen molar-refractivity contribution in [2.45, 2.75) is 44.7 Å². The number of likely N-dealkylation sites (tertiary alicyclic amines) is 1. The van der Waals surface area contributed by atoms with Crippen LogP contribution in [0.25, 0.3) is 0 Å². The maximum absolute atomic E-state index is 5.62. The molecular formula is C15H23ClN2S. The van der Waals surface area contributed by atoms with Gasteiger partial charge in [0.2, 0.25) is 0 Å². The Balaban J connectivity index is 0.00000180. The van der Waals surface area contributed by atoms with Gasteiger partial charge >= 0.3 is 0 Å². The molecule has 19 heavy (non-hydrogen) atoms. The van der Waals surface area contributed by atoms with Crippen molar-refractivity contribution in [1.82, 2.24) is 4.90 Å². The van der Waals surface area contributed by atoms with E-state index in [1.54, 1.807) is 0 Å². The summed E-state index contributed by atoms with van der Waals surface area (Å²) in [6, 6.07) is 11.4. The number of nitrogens with zero attached hydrogens (tertiary/aromatic N) is 1. The fourth-order valence-electron chi connectivity index (χ4n) is 2.72. The van der Waals surface area contributed by atoms with E-state index in [0.29, 0.717) is 11.0 Å². The molecule has 0 saturated carbocycles. The molecule has 0 aliphatic carbocycles. The van der Waals surface area contributed by atoms with Crippen LogP contribution in [-0.4, -0.2) is 22.5 Å². The van der Waals surface area contributed by atoms with Gasteiger partial charge < -0.3 is 5.73 Å². The molecule has 1 heterocycles. The summed E-state index contributed by atoms with van der Waals surface area (Å²) >= 11 is 4.99. The van der Waals surface area contributed by atoms with Crippen LogP contribution in [0.15, 0.2) is 30.3 Å². The number of hydrogen-bond acceptors (Lipinski definition) is 2. The number of hydrogen-bond donors (Lipinski definition) is 1. The topological polar surface area (TPSA) is 29.3 Å². The van der Waals surface area contributed by atoms with Crippen molar-refractivity contribution in [1.29, 1.82) is 0 Å². The van der Waals surface area contributed by atoms with Crippen LogP contribution in [0, 0.1) is 0 Å². The van der Waals surface area contributed by atoms with Gasteiger partial charge in [0.15, 0.2) is 0 Å². The van der Waals surface area contributed by atoms with Gasteiger partial charge in [-0.3, -0.25) is 4.90 Å². The van der Waals surface area contributed by atoms with E-state index in [0.717, 1.165) is 19.4 Å². The molecule has 1 aliphatic heterocycles. The standard InChI is InChI=1S/C15H22N2S.ClH/c16-15(18)10-9-14-8-4-5-11-17(14)12-13-6-2-1-3-7-13;/h1-3,6-7,14H,4-5,8-12H2,(H2,16,18);1H. The molecule has 1 unspecified atom stereocenters. The van der Waals surface area contributed by atoms with Crippen LogP contribution >= 0.6 is 24.6 Å². The van der Waals surface area contributed by atoms with Crippen LogP contribution in [0.5, 0.6) is 0 Å². The molecule has 106 valence electrons. The highest BCUT2D eigenvalue weighted by Crippen LogP contribution is 2.22. The summed E-state index contributed by atoms with van der Waals surface area (Å²) in [5.74, 6) is 0. The lowest BCUT2D eigenvalue weighted by Gasteiger charge is -2.35. The van der Waals surface area contributed by atoms with Crippen LogP contribution in [-0.2, 0) is 6.54 Å². The highest BCUT2D eigenvalue weighted by molar-refractivity contribution is 7.80. The van der Waals surface area contributed by atoms with Crippen molar-refractivity contribution in [3.8, 4) is 0 Å². The summed E-state index contributed by atoms with van der Waals surface area (Å²) in [5.41, 5.74) is 7.02. The van der Waals surface area contributed by atoms with E-state index < -0.39 is 0 Å². The average Bonchev–Trinajstić information content (AvgIpc) is 2.39. The highest BCUT2D eigenvalue weighted by atomic mass is 35.5. The van der Waals surface area contributed by atoms with Crippen LogP contribution in [0.4, 0.5) is 0 Å². The molecule has 0 radical (unpaired) electrons. The van der Waals surface area contributed by atoms with E-state index in [-0.39, 0.29) is 12.4 Å². The third-order valence-electron chi connectivity index (χ3n) is 3.70. The SMILES string of the molecule is Cl.NC(=S)CCC1CCCCN1Cc1ccccc1. The molecule has 1 fully saturated rings. The van der Waals surface area contributed by atoms with Crippen molar-refractivity contribution < 1.29 is 0 Å². The summed E-state index contributed by atoms with van der Waals surface area (Å²) in [5, 5.41) is 0. The molecule has 1 atom stereocenters. The Morgan fingerprint density at radius 3 is 2.68 bits per heavy atom. The Labute approximate surface area is 127 Å². The Kier molecular flexibility index (Phi) is 7.36. The molecule has 4 heteroatoms. The predicted octanol–water partition coefficient (Wildman–Crippen LogP) is 3.53. The quantitative estimate of drug-likeness (QED) is 0.843. The van der Waals surface area contributed by atoms with Gasteiger partial charge in [-0.15, -0.1) is 12.4 Å². The first-order valence-electron chi connectivity index (χ1n) is 6.82. The van der Waals surface area contributed by atoms with Gasteiger partial charge in [0, 0.05) is 12.6 Å². The molecule has 1 aromatic carbocycles. The minimum absolute atomic E-state index is 0. The number of nitrogens with two attached hydrogens (primary N) is 1. The largest absolute Gasteiger partial charge is 0.393 e. The smallest absolute Gasteiger partial charge is 0.0727 e. The zero-order chi connectivity index (χ0) is 12.8. The molecule has 0 bridgehead atoms. The first-order chi connectivity index (χ1) is 8.75. The third kappa shape index (κ3) is 5.47. The van der Waals surface area contributed by atoms with Gasteiger partial charge in [-0.05, 0) is 37.8 Å². The second-order valence-electron chi connectivity index (χ2n) is 5.11. The Hall–Kier alpha value is -0.640. The average molecular weight is 299 g/mol. The molecule has 2 rings (SSSR count). The molecule has 0 spiro atoms. The number of halogens is 1. The van der Waals surface area contributed by atoms with E-state index in [4.69, 9.17) is 18.0 Å². The second-order valence-corrected chi connectivity index (χ2v) is 5.64. The number of thiocarbonyl (C=S) groups is 1. The first kappa shape index (κ1) is 16.4. The van der Waals surface area contributed by atoms with Crippen molar-refractivity contribution in [2.24, 2.45) is 5.73 Å². The summed E-state index contributed by atoms with van der Waals surface area (Å²) in [6.07, 6.45) is 5.94. The minimum Gasteiger partial charge on any atom is -0.393 e. The van der Waals surface area contributed by atoms with E-state index in [1.165, 1.54) is 31.4 Å². The molecule has 0 aromatic heterocycles. The second kappa shape index (κ2) is 8.51. The Morgan fingerprint density at radius 1 is 1.26 bits per heavy atom. The van der Waals surface area contributed by atoms with Crippen LogP contribution in [0.2, 0.25) is 0 Å². The summed E-state index contributed by atoms with van der Waals surface area (Å²) in [4.78, 5) is 3.25. The number of rotatable bonds is 5. The van der Waals surface area contributed by atoms with E-state index in [2.05, 4.69) is 35.2 Å². The fourth-order valence-corrected chi connectivity index (χ4v) is 2.84. The van der Waals surface area contributed by atoms with Crippen LogP contribution in [0.1, 0.15) is 37.7 Å². The van der Waals surface area contributed by atoms with Gasteiger partial charge in [0.1, 0.15) is 0 Å². The van der Waals surface area contributed by atoms with E-state index in [9.17, 15) is 0 Å². The highest BCUT2D eigenvalue weighted by Gasteiger charge is 2.22. The predicted molar refractivity (Wildman–Crippen MR) is 87.8 cm³/mol. The van der Waals surface area contributed by atoms with Crippen LogP contribution < -0.4 is 5.73 Å². The maximum atomic E-state index is 5.62. The number of piperidine rings is 1. The Morgan fingerprint density at radius 2 is 2.00 bits per heavy atom. The lowest BCUT2D eigenvalue weighted by Crippen LogP contribution is -2.39. The van der Waals surface area contributed by atoms with Crippen molar-refractivity contribution in [2.75, 3.05) is 6.54 Å². The lowest BCUT2D eigenvalue weighted by molar-refractivity contribution is 0.134. The molecular weight excluding hydrogens is 276 g/mol. The normalized spacial score (nSPS) is 19.7. The molecule has 1 saturated heterocycles. The zero-order valence-electron chi connectivity index (χ0n) is 11.3. The molecule has 1 aliphatic rings. The van der Waals surface area contributed by atoms with Gasteiger partial charge in [-0.25, -0.2) is 0 Å². The summed E-state index contributed by atoms with van der Waals surface area (Å²) in [7, 11) is 0. The fraction of sp³-hybridized carbons (Fsp3) is 0.533. The van der Waals surface area contributed by atoms with Crippen molar-refractivity contribution in [3.63, 3.8) is 0 Å². The third-order valence-corrected chi connectivity index (χ3v) is 3.91. The molecule has 0 amide bonds. The Bertz CT molecular complexity index is 383. The van der Waals surface area contributed by atoms with Gasteiger partial charge in [-0.1, -0.05) is 49.0 Å². The van der Waals surface area contributed by atoms with E-state index in [1.807, 2.05) is 0 Å². The van der Waals surface area contributed by atoms with Crippen molar-refractivity contribution in [3.05, 3.63) is 35.9 Å². The van der Waals surface area contributed by atoms with Crippen molar-refractivity contribution >= 4 is 29.6 Å².